The fourth-order valence-corrected chi connectivity index (χ4v) is 2.43. The third-order valence-electron chi connectivity index (χ3n) is 3.10. The standard InChI is InChI=1S/C13H14ClNO3/c1-13(2)11(16)10(12(17)15-13)9-7(14)5-4-6-8(9)18-3/h4-6,10H,1-3H3,(H,15,17). The van der Waals surface area contributed by atoms with Crippen LogP contribution < -0.4 is 10.1 Å². The van der Waals surface area contributed by atoms with Crippen LogP contribution in [0.1, 0.15) is 25.3 Å². The van der Waals surface area contributed by atoms with Gasteiger partial charge in [-0.25, -0.2) is 0 Å². The summed E-state index contributed by atoms with van der Waals surface area (Å²) in [5.41, 5.74) is -0.430. The highest BCUT2D eigenvalue weighted by atomic mass is 35.5. The van der Waals surface area contributed by atoms with Crippen LogP contribution in [0.3, 0.4) is 0 Å². The van der Waals surface area contributed by atoms with Gasteiger partial charge in [0.05, 0.1) is 12.6 Å². The Morgan fingerprint density at radius 3 is 2.50 bits per heavy atom. The van der Waals surface area contributed by atoms with E-state index in [1.165, 1.54) is 7.11 Å². The number of carbonyl (C=O) groups is 2. The molecular formula is C13H14ClNO3. The van der Waals surface area contributed by atoms with Crippen molar-refractivity contribution in [3.05, 3.63) is 28.8 Å². The summed E-state index contributed by atoms with van der Waals surface area (Å²) in [4.78, 5) is 24.2. The smallest absolute Gasteiger partial charge is 0.236 e. The highest BCUT2D eigenvalue weighted by molar-refractivity contribution is 6.33. The lowest BCUT2D eigenvalue weighted by Crippen LogP contribution is -2.39. The van der Waals surface area contributed by atoms with Crippen LogP contribution >= 0.6 is 11.6 Å². The maximum Gasteiger partial charge on any atom is 0.236 e. The van der Waals surface area contributed by atoms with Crippen molar-refractivity contribution < 1.29 is 14.3 Å². The molecule has 5 heteroatoms. The van der Waals surface area contributed by atoms with Gasteiger partial charge < -0.3 is 10.1 Å². The Morgan fingerprint density at radius 1 is 1.33 bits per heavy atom. The van der Waals surface area contributed by atoms with E-state index in [0.717, 1.165) is 0 Å². The first kappa shape index (κ1) is 12.9. The van der Waals surface area contributed by atoms with Gasteiger partial charge in [-0.2, -0.15) is 0 Å². The maximum absolute atomic E-state index is 12.3. The first-order chi connectivity index (χ1) is 8.38. The van der Waals surface area contributed by atoms with E-state index < -0.39 is 11.5 Å². The number of Topliss-reactive ketones (excluding diaryl/α,β-unsaturated/α-hetero) is 1. The van der Waals surface area contributed by atoms with E-state index in [2.05, 4.69) is 5.32 Å². The number of hydrogen-bond acceptors (Lipinski definition) is 3. The van der Waals surface area contributed by atoms with Crippen molar-refractivity contribution in [1.82, 2.24) is 5.32 Å². The Labute approximate surface area is 110 Å². The molecule has 2 rings (SSSR count). The number of amides is 1. The van der Waals surface area contributed by atoms with Crippen molar-refractivity contribution in [2.24, 2.45) is 0 Å². The highest BCUT2D eigenvalue weighted by Gasteiger charge is 2.48. The topological polar surface area (TPSA) is 55.4 Å². The third-order valence-corrected chi connectivity index (χ3v) is 3.43. The SMILES string of the molecule is COc1cccc(Cl)c1C1C(=O)NC(C)(C)C1=O. The highest BCUT2D eigenvalue weighted by Crippen LogP contribution is 2.38. The van der Waals surface area contributed by atoms with Gasteiger partial charge in [0.2, 0.25) is 5.91 Å². The van der Waals surface area contributed by atoms with E-state index in [1.54, 1.807) is 32.0 Å². The van der Waals surface area contributed by atoms with Gasteiger partial charge in [-0.3, -0.25) is 9.59 Å². The number of methoxy groups -OCH3 is 1. The molecule has 96 valence electrons. The van der Waals surface area contributed by atoms with Gasteiger partial charge in [-0.15, -0.1) is 0 Å². The molecular weight excluding hydrogens is 254 g/mol. The second-order valence-electron chi connectivity index (χ2n) is 4.77. The fourth-order valence-electron chi connectivity index (χ4n) is 2.16. The molecule has 0 spiro atoms. The predicted molar refractivity (Wildman–Crippen MR) is 68.0 cm³/mol. The monoisotopic (exact) mass is 267 g/mol. The molecule has 0 saturated carbocycles. The molecule has 1 amide bonds. The van der Waals surface area contributed by atoms with Crippen molar-refractivity contribution in [2.75, 3.05) is 7.11 Å². The first-order valence-electron chi connectivity index (χ1n) is 5.57. The molecule has 4 nitrogen and oxygen atoms in total. The van der Waals surface area contributed by atoms with Gasteiger partial charge in [0.25, 0.3) is 0 Å². The van der Waals surface area contributed by atoms with Crippen LogP contribution in [0.2, 0.25) is 5.02 Å². The van der Waals surface area contributed by atoms with Crippen LogP contribution in [-0.4, -0.2) is 24.3 Å². The number of nitrogens with one attached hydrogen (secondary N) is 1. The summed E-state index contributed by atoms with van der Waals surface area (Å²) in [6, 6.07) is 5.05. The Bertz CT molecular complexity index is 525. The molecule has 1 aliphatic heterocycles. The first-order valence-corrected chi connectivity index (χ1v) is 5.95. The minimum absolute atomic E-state index is 0.195. The molecule has 1 saturated heterocycles. The Morgan fingerprint density at radius 2 is 2.00 bits per heavy atom. The van der Waals surface area contributed by atoms with Crippen LogP contribution in [0.5, 0.6) is 5.75 Å². The largest absolute Gasteiger partial charge is 0.496 e. The van der Waals surface area contributed by atoms with E-state index in [9.17, 15) is 9.59 Å². The quantitative estimate of drug-likeness (QED) is 0.833. The summed E-state index contributed by atoms with van der Waals surface area (Å²) in [7, 11) is 1.48. The molecule has 0 aromatic heterocycles. The molecule has 0 radical (unpaired) electrons. The average Bonchev–Trinajstić information content (AvgIpc) is 2.49. The van der Waals surface area contributed by atoms with E-state index >= 15 is 0 Å². The second-order valence-corrected chi connectivity index (χ2v) is 5.17. The van der Waals surface area contributed by atoms with E-state index in [4.69, 9.17) is 16.3 Å². The molecule has 1 atom stereocenters. The summed E-state index contributed by atoms with van der Waals surface area (Å²) in [6.45, 7) is 3.35. The molecule has 0 bridgehead atoms. The zero-order chi connectivity index (χ0) is 13.5. The van der Waals surface area contributed by atoms with Crippen molar-refractivity contribution in [2.45, 2.75) is 25.3 Å². The lowest BCUT2D eigenvalue weighted by molar-refractivity contribution is -0.125. The number of rotatable bonds is 2. The van der Waals surface area contributed by atoms with Gasteiger partial charge >= 0.3 is 0 Å². The Hall–Kier alpha value is -1.55. The predicted octanol–water partition coefficient (Wildman–Crippen LogP) is 1.91. The minimum atomic E-state index is -0.899. The lowest BCUT2D eigenvalue weighted by Gasteiger charge is -2.16. The molecule has 1 N–H and O–H groups in total. The van der Waals surface area contributed by atoms with Crippen molar-refractivity contribution >= 4 is 23.3 Å². The van der Waals surface area contributed by atoms with Crippen LogP contribution in [0, 0.1) is 0 Å². The number of ketones is 1. The summed E-state index contributed by atoms with van der Waals surface area (Å²) < 4.78 is 5.19. The van der Waals surface area contributed by atoms with Gasteiger partial charge in [0, 0.05) is 10.6 Å². The zero-order valence-corrected chi connectivity index (χ0v) is 11.2. The normalized spacial score (nSPS) is 21.9. The van der Waals surface area contributed by atoms with Crippen LogP contribution in [0.25, 0.3) is 0 Å². The van der Waals surface area contributed by atoms with E-state index in [-0.39, 0.29) is 11.7 Å². The van der Waals surface area contributed by atoms with E-state index in [0.29, 0.717) is 16.3 Å². The minimum Gasteiger partial charge on any atom is -0.496 e. The summed E-state index contributed by atoms with van der Waals surface area (Å²) >= 11 is 6.10. The summed E-state index contributed by atoms with van der Waals surface area (Å²) in [6.07, 6.45) is 0. The molecule has 1 aromatic carbocycles. The van der Waals surface area contributed by atoms with Crippen molar-refractivity contribution in [3.8, 4) is 5.75 Å². The number of hydrogen-bond donors (Lipinski definition) is 1. The average molecular weight is 268 g/mol. The number of halogens is 1. The summed E-state index contributed by atoms with van der Waals surface area (Å²) in [5, 5.41) is 3.03. The number of benzene rings is 1. The Balaban J connectivity index is 2.56. The second kappa shape index (κ2) is 4.28. The lowest BCUT2D eigenvalue weighted by atomic mass is 9.89. The molecule has 1 aliphatic rings. The van der Waals surface area contributed by atoms with Crippen LogP contribution in [0.4, 0.5) is 0 Å². The maximum atomic E-state index is 12.3. The number of carbonyl (C=O) groups excluding carboxylic acids is 2. The molecule has 1 unspecified atom stereocenters. The fraction of sp³-hybridized carbons (Fsp3) is 0.385. The van der Waals surface area contributed by atoms with Gasteiger partial charge in [0.15, 0.2) is 5.78 Å². The van der Waals surface area contributed by atoms with Crippen LogP contribution in [0.15, 0.2) is 18.2 Å². The van der Waals surface area contributed by atoms with Gasteiger partial charge in [-0.05, 0) is 26.0 Å². The molecule has 1 heterocycles. The van der Waals surface area contributed by atoms with Crippen molar-refractivity contribution in [3.63, 3.8) is 0 Å². The Kier molecular flexibility index (Phi) is 3.07. The molecule has 1 fully saturated rings. The number of ether oxygens (including phenoxy) is 1. The van der Waals surface area contributed by atoms with Crippen molar-refractivity contribution in [1.29, 1.82) is 0 Å². The third kappa shape index (κ3) is 1.86. The van der Waals surface area contributed by atoms with Gasteiger partial charge in [-0.1, -0.05) is 17.7 Å². The molecule has 0 aliphatic carbocycles. The van der Waals surface area contributed by atoms with Crippen LogP contribution in [-0.2, 0) is 9.59 Å². The zero-order valence-electron chi connectivity index (χ0n) is 10.4. The molecule has 1 aromatic rings. The molecule has 18 heavy (non-hydrogen) atoms. The van der Waals surface area contributed by atoms with Gasteiger partial charge in [0.1, 0.15) is 11.7 Å². The van der Waals surface area contributed by atoms with E-state index in [1.807, 2.05) is 0 Å². The summed E-state index contributed by atoms with van der Waals surface area (Å²) in [5.74, 6) is -0.979.